The van der Waals surface area contributed by atoms with Gasteiger partial charge in [0.15, 0.2) is 16.1 Å². The van der Waals surface area contributed by atoms with Gasteiger partial charge in [0.05, 0.1) is 15.5 Å². The van der Waals surface area contributed by atoms with Crippen molar-refractivity contribution in [1.82, 2.24) is 0 Å². The molecule has 0 saturated heterocycles. The number of nitrogens with one attached hydrogen (secondary N) is 1. The third-order valence-electron chi connectivity index (χ3n) is 5.29. The first kappa shape index (κ1) is 23.4. The van der Waals surface area contributed by atoms with Crippen LogP contribution in [0.2, 0.25) is 0 Å². The topological polar surface area (TPSA) is 145 Å². The summed E-state index contributed by atoms with van der Waals surface area (Å²) in [5, 5.41) is 28.2. The minimum absolute atomic E-state index is 0.0294. The van der Waals surface area contributed by atoms with Gasteiger partial charge >= 0.3 is 0 Å². The number of nitriles is 1. The Bertz CT molecular complexity index is 1480. The second kappa shape index (κ2) is 8.55. The molecular weight excluding hydrogens is 484 g/mol. The summed E-state index contributed by atoms with van der Waals surface area (Å²) in [6, 6.07) is 13.7. The average Bonchev–Trinajstić information content (AvgIpc) is 3.49. The number of thiophene rings is 1. The number of hydrogen-bond donors (Lipinski definition) is 3. The SMILES string of the molecule is CS(=O)(=O)c1ccc(-c2ccc(C#N)s2)c(NS(=O)(=O)c2cc(C(O)O)ccc2C2CC2)c1. The molecular formula is C22H20N2O6S3. The minimum Gasteiger partial charge on any atom is -0.364 e. The van der Waals surface area contributed by atoms with E-state index < -0.39 is 26.2 Å². The van der Waals surface area contributed by atoms with Crippen LogP contribution in [0.15, 0.2) is 58.3 Å². The number of sulfonamides is 1. The summed E-state index contributed by atoms with van der Waals surface area (Å²) in [4.78, 5) is 0.857. The predicted octanol–water partition coefficient (Wildman–Crippen LogP) is 3.35. The zero-order valence-corrected chi connectivity index (χ0v) is 19.8. The summed E-state index contributed by atoms with van der Waals surface area (Å²) in [7, 11) is -7.85. The summed E-state index contributed by atoms with van der Waals surface area (Å²) in [6.45, 7) is 0. The lowest BCUT2D eigenvalue weighted by Crippen LogP contribution is -2.16. The van der Waals surface area contributed by atoms with Crippen molar-refractivity contribution >= 4 is 36.9 Å². The molecule has 0 atom stereocenters. The molecule has 1 aliphatic rings. The number of aliphatic hydroxyl groups is 2. The van der Waals surface area contributed by atoms with E-state index in [9.17, 15) is 27.0 Å². The molecule has 0 amide bonds. The third-order valence-corrected chi connectivity index (χ3v) is 8.84. The third kappa shape index (κ3) is 4.95. The quantitative estimate of drug-likeness (QED) is 0.418. The number of aliphatic hydroxyl groups excluding tert-OH is 1. The van der Waals surface area contributed by atoms with E-state index in [2.05, 4.69) is 4.72 Å². The van der Waals surface area contributed by atoms with Crippen LogP contribution < -0.4 is 4.72 Å². The highest BCUT2D eigenvalue weighted by Gasteiger charge is 2.31. The van der Waals surface area contributed by atoms with Crippen LogP contribution in [0.1, 0.15) is 41.1 Å². The van der Waals surface area contributed by atoms with Gasteiger partial charge in [-0.2, -0.15) is 5.26 Å². The minimum atomic E-state index is -4.22. The smallest absolute Gasteiger partial charge is 0.262 e. The Morgan fingerprint density at radius 2 is 1.79 bits per heavy atom. The zero-order chi connectivity index (χ0) is 24.0. The molecule has 8 nitrogen and oxygen atoms in total. The van der Waals surface area contributed by atoms with Crippen molar-refractivity contribution < 1.29 is 27.0 Å². The van der Waals surface area contributed by atoms with E-state index in [1.54, 1.807) is 18.2 Å². The Morgan fingerprint density at radius 3 is 2.36 bits per heavy atom. The lowest BCUT2D eigenvalue weighted by Gasteiger charge is -2.17. The molecule has 0 unspecified atom stereocenters. The molecule has 0 bridgehead atoms. The summed E-state index contributed by atoms with van der Waals surface area (Å²) in [5.41, 5.74) is 1.06. The number of anilines is 1. The molecule has 172 valence electrons. The predicted molar refractivity (Wildman–Crippen MR) is 124 cm³/mol. The number of hydrogen-bond acceptors (Lipinski definition) is 8. The summed E-state index contributed by atoms with van der Waals surface area (Å²) < 4.78 is 53.7. The van der Waals surface area contributed by atoms with Crippen LogP contribution in [-0.2, 0) is 19.9 Å². The van der Waals surface area contributed by atoms with Gasteiger partial charge in [0.1, 0.15) is 10.9 Å². The number of nitrogens with zero attached hydrogens (tertiary/aromatic N) is 1. The molecule has 1 heterocycles. The van der Waals surface area contributed by atoms with Crippen molar-refractivity contribution in [2.24, 2.45) is 0 Å². The zero-order valence-electron chi connectivity index (χ0n) is 17.4. The Balaban J connectivity index is 1.85. The maximum atomic E-state index is 13.5. The Morgan fingerprint density at radius 1 is 1.06 bits per heavy atom. The molecule has 3 N–H and O–H groups in total. The highest BCUT2D eigenvalue weighted by molar-refractivity contribution is 7.92. The summed E-state index contributed by atoms with van der Waals surface area (Å²) >= 11 is 1.15. The van der Waals surface area contributed by atoms with Crippen molar-refractivity contribution in [1.29, 1.82) is 5.26 Å². The average molecular weight is 505 g/mol. The van der Waals surface area contributed by atoms with E-state index in [-0.39, 0.29) is 27.0 Å². The first-order valence-corrected chi connectivity index (χ1v) is 14.1. The lowest BCUT2D eigenvalue weighted by atomic mass is 10.1. The highest BCUT2D eigenvalue weighted by Crippen LogP contribution is 2.44. The van der Waals surface area contributed by atoms with E-state index in [0.29, 0.717) is 20.9 Å². The standard InChI is InChI=1S/C22H20N2O6S3/c1-32(27,28)16-6-8-18(20-9-5-15(12-23)31-20)19(11-16)24-33(29,30)21-10-14(22(25)26)4-7-17(21)13-2-3-13/h4-11,13,22,24-26H,2-3H2,1H3. The molecule has 4 rings (SSSR count). The maximum absolute atomic E-state index is 13.5. The molecule has 0 spiro atoms. The summed E-state index contributed by atoms with van der Waals surface area (Å²) in [6.07, 6.45) is 0.831. The van der Waals surface area contributed by atoms with Gasteiger partial charge < -0.3 is 10.2 Å². The van der Waals surface area contributed by atoms with Crippen LogP contribution in [0.4, 0.5) is 5.69 Å². The Hall–Kier alpha value is -2.75. The fourth-order valence-corrected chi connectivity index (χ4v) is 6.37. The molecule has 1 fully saturated rings. The molecule has 1 aliphatic carbocycles. The molecule has 33 heavy (non-hydrogen) atoms. The number of sulfone groups is 1. The monoisotopic (exact) mass is 504 g/mol. The van der Waals surface area contributed by atoms with E-state index in [0.717, 1.165) is 30.4 Å². The molecule has 3 aromatic rings. The van der Waals surface area contributed by atoms with Gasteiger partial charge in [-0.15, -0.1) is 11.3 Å². The van der Waals surface area contributed by atoms with Gasteiger partial charge in [0.2, 0.25) is 0 Å². The summed E-state index contributed by atoms with van der Waals surface area (Å²) in [5.74, 6) is 0.0544. The van der Waals surface area contributed by atoms with Crippen molar-refractivity contribution in [3.05, 3.63) is 64.5 Å². The van der Waals surface area contributed by atoms with E-state index >= 15 is 0 Å². The normalized spacial score (nSPS) is 14.3. The fourth-order valence-electron chi connectivity index (χ4n) is 3.47. The van der Waals surface area contributed by atoms with Gasteiger partial charge in [-0.3, -0.25) is 4.72 Å². The van der Waals surface area contributed by atoms with E-state index in [1.165, 1.54) is 30.3 Å². The highest BCUT2D eigenvalue weighted by atomic mass is 32.2. The van der Waals surface area contributed by atoms with Gasteiger partial charge in [-0.05, 0) is 54.7 Å². The van der Waals surface area contributed by atoms with Crippen LogP contribution in [0.25, 0.3) is 10.4 Å². The first-order chi connectivity index (χ1) is 15.5. The Labute approximate surface area is 195 Å². The molecule has 11 heteroatoms. The van der Waals surface area contributed by atoms with Crippen molar-refractivity contribution in [2.75, 3.05) is 11.0 Å². The molecule has 0 aliphatic heterocycles. The van der Waals surface area contributed by atoms with Crippen molar-refractivity contribution in [3.8, 4) is 16.5 Å². The number of benzene rings is 2. The van der Waals surface area contributed by atoms with Crippen LogP contribution in [0.5, 0.6) is 0 Å². The molecule has 2 aromatic carbocycles. The Kier molecular flexibility index (Phi) is 6.07. The van der Waals surface area contributed by atoms with E-state index in [1.807, 2.05) is 6.07 Å². The first-order valence-electron chi connectivity index (χ1n) is 9.87. The second-order valence-corrected chi connectivity index (χ2v) is 12.6. The second-order valence-electron chi connectivity index (χ2n) is 7.81. The number of rotatable bonds is 7. The van der Waals surface area contributed by atoms with Crippen LogP contribution in [0, 0.1) is 11.3 Å². The van der Waals surface area contributed by atoms with Gasteiger partial charge in [-0.1, -0.05) is 18.2 Å². The maximum Gasteiger partial charge on any atom is 0.262 e. The van der Waals surface area contributed by atoms with Crippen LogP contribution >= 0.6 is 11.3 Å². The van der Waals surface area contributed by atoms with Gasteiger partial charge in [0, 0.05) is 22.3 Å². The van der Waals surface area contributed by atoms with Crippen molar-refractivity contribution in [2.45, 2.75) is 34.8 Å². The fraction of sp³-hybridized carbons (Fsp3) is 0.227. The largest absolute Gasteiger partial charge is 0.364 e. The molecule has 1 saturated carbocycles. The van der Waals surface area contributed by atoms with Crippen LogP contribution in [-0.4, -0.2) is 33.3 Å². The van der Waals surface area contributed by atoms with Crippen LogP contribution in [0.3, 0.4) is 0 Å². The van der Waals surface area contributed by atoms with Gasteiger partial charge in [-0.25, -0.2) is 16.8 Å². The van der Waals surface area contributed by atoms with Crippen molar-refractivity contribution in [3.63, 3.8) is 0 Å². The molecule has 0 radical (unpaired) electrons. The van der Waals surface area contributed by atoms with E-state index in [4.69, 9.17) is 5.26 Å². The van der Waals surface area contributed by atoms with Gasteiger partial charge in [0.25, 0.3) is 10.0 Å². The lowest BCUT2D eigenvalue weighted by molar-refractivity contribution is -0.0426. The molecule has 1 aromatic heterocycles.